The van der Waals surface area contributed by atoms with E-state index in [1.54, 1.807) is 9.12 Å². The summed E-state index contributed by atoms with van der Waals surface area (Å²) in [6.07, 6.45) is 1.01. The Hall–Kier alpha value is 0.0900. The Bertz CT molecular complexity index is 784. The molecule has 0 bridgehead atoms. The number of rotatable bonds is 2. The quantitative estimate of drug-likeness (QED) is 0.384. The van der Waals surface area contributed by atoms with Gasteiger partial charge in [-0.3, -0.25) is 3.97 Å². The van der Waals surface area contributed by atoms with Gasteiger partial charge in [-0.2, -0.15) is 0 Å². The number of hydrogen-bond donors (Lipinski definition) is 0. The Morgan fingerprint density at radius 1 is 1.26 bits per heavy atom. The fraction of sp³-hybridized carbons (Fsp3) is 0.143. The molecule has 19 heavy (non-hydrogen) atoms. The van der Waals surface area contributed by atoms with Crippen molar-refractivity contribution in [2.24, 2.45) is 0 Å². The molecule has 0 saturated heterocycles. The number of benzene rings is 2. The number of aryl methyl sites for hydroxylation is 1. The van der Waals surface area contributed by atoms with Crippen LogP contribution in [-0.2, 0) is 6.42 Å². The summed E-state index contributed by atoms with van der Waals surface area (Å²) in [5, 5.41) is 3.25. The monoisotopic (exact) mass is 465 g/mol. The molecule has 5 heteroatoms. The largest absolute Gasteiger partial charge is 0.274 e. The van der Waals surface area contributed by atoms with Gasteiger partial charge in [0.15, 0.2) is 0 Å². The van der Waals surface area contributed by atoms with Crippen LogP contribution in [0.2, 0.25) is 5.02 Å². The molecule has 0 saturated carbocycles. The number of aromatic nitrogens is 1. The molecule has 1 heterocycles. The van der Waals surface area contributed by atoms with Gasteiger partial charge in [-0.15, -0.1) is 0 Å². The predicted molar refractivity (Wildman–Crippen MR) is 98.5 cm³/mol. The van der Waals surface area contributed by atoms with Gasteiger partial charge in [-0.1, -0.05) is 34.5 Å². The normalized spacial score (nSPS) is 11.6. The molecule has 0 atom stereocenters. The van der Waals surface area contributed by atoms with Crippen molar-refractivity contribution in [2.45, 2.75) is 13.3 Å². The zero-order valence-electron chi connectivity index (χ0n) is 10.1. The molecule has 3 rings (SSSR count). The summed E-state index contributed by atoms with van der Waals surface area (Å²) in [6, 6.07) is 10.5. The molecule has 0 aliphatic heterocycles. The predicted octanol–water partition coefficient (Wildman–Crippen LogP) is 6.62. The third kappa shape index (κ3) is 2.30. The summed E-state index contributed by atoms with van der Waals surface area (Å²) in [5.74, 6) is 0. The SMILES string of the molecule is CCc1cc(Br)cc2c3cc(Cl)ccc3n(SI)c12. The van der Waals surface area contributed by atoms with Crippen LogP contribution in [0.3, 0.4) is 0 Å². The highest BCUT2D eigenvalue weighted by Crippen LogP contribution is 2.39. The maximum atomic E-state index is 6.16. The molecular formula is C14H10BrClINS. The van der Waals surface area contributed by atoms with Gasteiger partial charge >= 0.3 is 0 Å². The fourth-order valence-electron chi connectivity index (χ4n) is 2.46. The van der Waals surface area contributed by atoms with Crippen LogP contribution in [0.15, 0.2) is 34.8 Å². The third-order valence-electron chi connectivity index (χ3n) is 3.27. The standard InChI is InChI=1S/C14H10BrClINS/c1-2-8-5-9(15)6-12-11-7-10(16)3-4-13(11)18(19-17)14(8)12/h3-7H,2H2,1H3. The smallest absolute Gasteiger partial charge is 0.0644 e. The zero-order chi connectivity index (χ0) is 13.6. The van der Waals surface area contributed by atoms with Gasteiger partial charge in [0.2, 0.25) is 0 Å². The Kier molecular flexibility index (Phi) is 4.04. The number of fused-ring (bicyclic) bond motifs is 3. The summed E-state index contributed by atoms with van der Waals surface area (Å²) in [4.78, 5) is 0. The van der Waals surface area contributed by atoms with E-state index in [4.69, 9.17) is 11.6 Å². The Morgan fingerprint density at radius 2 is 2.05 bits per heavy atom. The van der Waals surface area contributed by atoms with Gasteiger partial charge in [-0.25, -0.2) is 0 Å². The first-order valence-corrected chi connectivity index (χ1v) is 10.4. The zero-order valence-corrected chi connectivity index (χ0v) is 15.4. The van der Waals surface area contributed by atoms with Gasteiger partial charge in [0.25, 0.3) is 0 Å². The number of halogens is 3. The summed E-state index contributed by atoms with van der Waals surface area (Å²) >= 11 is 12.1. The second-order valence-corrected chi connectivity index (χ2v) is 7.38. The van der Waals surface area contributed by atoms with Gasteiger partial charge in [0.1, 0.15) is 0 Å². The van der Waals surface area contributed by atoms with Crippen LogP contribution in [0, 0.1) is 0 Å². The van der Waals surface area contributed by atoms with Crippen LogP contribution in [0.1, 0.15) is 12.5 Å². The lowest BCUT2D eigenvalue weighted by Crippen LogP contribution is -1.88. The van der Waals surface area contributed by atoms with Crippen molar-refractivity contribution in [1.29, 1.82) is 0 Å². The summed E-state index contributed by atoms with van der Waals surface area (Å²) in [6.45, 7) is 2.19. The molecule has 0 amide bonds. The van der Waals surface area contributed by atoms with E-state index in [1.807, 2.05) is 6.07 Å². The van der Waals surface area contributed by atoms with Crippen molar-refractivity contribution in [1.82, 2.24) is 3.97 Å². The van der Waals surface area contributed by atoms with Crippen LogP contribution < -0.4 is 0 Å². The molecule has 2 aromatic carbocycles. The molecule has 0 spiro atoms. The van der Waals surface area contributed by atoms with E-state index >= 15 is 0 Å². The first-order chi connectivity index (χ1) is 9.15. The maximum absolute atomic E-state index is 6.16. The van der Waals surface area contributed by atoms with Crippen LogP contribution in [0.5, 0.6) is 0 Å². The Labute approximate surface area is 141 Å². The van der Waals surface area contributed by atoms with Crippen molar-refractivity contribution in [3.8, 4) is 0 Å². The summed E-state index contributed by atoms with van der Waals surface area (Å²) < 4.78 is 3.40. The highest BCUT2D eigenvalue weighted by atomic mass is 127. The second-order valence-electron chi connectivity index (χ2n) is 4.34. The molecule has 98 valence electrons. The summed E-state index contributed by atoms with van der Waals surface area (Å²) in [5.41, 5.74) is 3.86. The van der Waals surface area contributed by atoms with Crippen molar-refractivity contribution in [3.05, 3.63) is 45.4 Å². The molecule has 0 N–H and O–H groups in total. The van der Waals surface area contributed by atoms with E-state index in [0.29, 0.717) is 0 Å². The van der Waals surface area contributed by atoms with Gasteiger partial charge in [0.05, 0.1) is 11.0 Å². The Balaban J connectivity index is 2.58. The first kappa shape index (κ1) is 14.0. The van der Waals surface area contributed by atoms with Crippen LogP contribution >= 0.6 is 57.9 Å². The van der Waals surface area contributed by atoms with Crippen LogP contribution in [-0.4, -0.2) is 3.97 Å². The minimum atomic E-state index is 0.781. The third-order valence-corrected chi connectivity index (χ3v) is 5.67. The molecule has 0 aliphatic rings. The van der Waals surface area contributed by atoms with Gasteiger partial charge < -0.3 is 0 Å². The van der Waals surface area contributed by atoms with Crippen molar-refractivity contribution in [3.63, 3.8) is 0 Å². The average molecular weight is 467 g/mol. The number of nitrogens with zero attached hydrogens (tertiary/aromatic N) is 1. The lowest BCUT2D eigenvalue weighted by Gasteiger charge is -2.05. The molecule has 3 aromatic rings. The van der Waals surface area contributed by atoms with E-state index in [0.717, 1.165) is 15.9 Å². The lowest BCUT2D eigenvalue weighted by atomic mass is 10.1. The van der Waals surface area contributed by atoms with E-state index in [1.165, 1.54) is 27.4 Å². The van der Waals surface area contributed by atoms with E-state index < -0.39 is 0 Å². The molecule has 1 aromatic heterocycles. The van der Waals surface area contributed by atoms with E-state index in [-0.39, 0.29) is 0 Å². The topological polar surface area (TPSA) is 4.93 Å². The van der Waals surface area contributed by atoms with E-state index in [2.05, 4.69) is 72.3 Å². The lowest BCUT2D eigenvalue weighted by molar-refractivity contribution is 1.14. The first-order valence-electron chi connectivity index (χ1n) is 5.87. The van der Waals surface area contributed by atoms with Gasteiger partial charge in [0, 0.05) is 50.6 Å². The minimum Gasteiger partial charge on any atom is -0.274 e. The highest BCUT2D eigenvalue weighted by Gasteiger charge is 2.14. The molecule has 0 radical (unpaired) electrons. The van der Waals surface area contributed by atoms with Crippen LogP contribution in [0.25, 0.3) is 21.8 Å². The van der Waals surface area contributed by atoms with Crippen molar-refractivity contribution in [2.75, 3.05) is 0 Å². The number of hydrogen-bond acceptors (Lipinski definition) is 1. The van der Waals surface area contributed by atoms with Crippen LogP contribution in [0.4, 0.5) is 0 Å². The minimum absolute atomic E-state index is 0.781. The molecule has 0 aliphatic carbocycles. The fourth-order valence-corrected chi connectivity index (χ4v) is 4.89. The second kappa shape index (κ2) is 5.47. The average Bonchev–Trinajstić information content (AvgIpc) is 2.71. The molecule has 1 nitrogen and oxygen atoms in total. The van der Waals surface area contributed by atoms with Gasteiger partial charge in [-0.05, 0) is 42.3 Å². The summed E-state index contributed by atoms with van der Waals surface area (Å²) in [7, 11) is 1.70. The van der Waals surface area contributed by atoms with Crippen molar-refractivity contribution >= 4 is 79.7 Å². The maximum Gasteiger partial charge on any atom is 0.0644 e. The Morgan fingerprint density at radius 3 is 2.74 bits per heavy atom. The molecule has 0 fully saturated rings. The van der Waals surface area contributed by atoms with E-state index in [9.17, 15) is 0 Å². The molecule has 0 unspecified atom stereocenters. The van der Waals surface area contributed by atoms with Crippen molar-refractivity contribution < 1.29 is 0 Å². The molecular weight excluding hydrogens is 456 g/mol. The highest BCUT2D eigenvalue weighted by molar-refractivity contribution is 14.2.